The Bertz CT molecular complexity index is 801. The van der Waals surface area contributed by atoms with Gasteiger partial charge in [0.1, 0.15) is 23.3 Å². The molecule has 0 fully saturated rings. The van der Waals surface area contributed by atoms with E-state index in [0.29, 0.717) is 21.3 Å². The van der Waals surface area contributed by atoms with Gasteiger partial charge in [-0.1, -0.05) is 11.6 Å². The zero-order chi connectivity index (χ0) is 15.5. The highest BCUT2D eigenvalue weighted by Crippen LogP contribution is 2.29. The van der Waals surface area contributed by atoms with Crippen molar-refractivity contribution in [2.24, 2.45) is 0 Å². The van der Waals surface area contributed by atoms with Gasteiger partial charge in [-0.3, -0.25) is 9.36 Å². The molecular weight excluding hydrogens is 324 g/mol. The molecule has 0 aliphatic rings. The minimum Gasteiger partial charge on any atom is -0.495 e. The molecule has 0 bridgehead atoms. The number of ether oxygens (including phenoxy) is 1. The van der Waals surface area contributed by atoms with Crippen LogP contribution in [-0.2, 0) is 0 Å². The average molecular weight is 335 g/mol. The molecule has 0 radical (unpaired) electrons. The van der Waals surface area contributed by atoms with Crippen LogP contribution < -0.4 is 10.1 Å². The second-order valence-electron chi connectivity index (χ2n) is 4.31. The lowest BCUT2D eigenvalue weighted by molar-refractivity contribution is 0.103. The van der Waals surface area contributed by atoms with Crippen LogP contribution in [0.2, 0.25) is 5.02 Å². The Hall–Kier alpha value is -2.38. The van der Waals surface area contributed by atoms with Crippen molar-refractivity contribution in [1.82, 2.24) is 14.8 Å². The molecule has 1 amide bonds. The van der Waals surface area contributed by atoms with Crippen molar-refractivity contribution >= 4 is 34.5 Å². The fourth-order valence-electron chi connectivity index (χ4n) is 1.92. The number of carbonyl (C=O) groups is 1. The number of halogens is 1. The Morgan fingerprint density at radius 2 is 2.09 bits per heavy atom. The van der Waals surface area contributed by atoms with E-state index in [-0.39, 0.29) is 5.91 Å². The summed E-state index contributed by atoms with van der Waals surface area (Å²) in [5, 5.41) is 12.5. The van der Waals surface area contributed by atoms with E-state index in [2.05, 4.69) is 15.5 Å². The molecule has 0 saturated carbocycles. The zero-order valence-corrected chi connectivity index (χ0v) is 13.1. The van der Waals surface area contributed by atoms with Gasteiger partial charge in [-0.2, -0.15) is 0 Å². The first-order valence-electron chi connectivity index (χ1n) is 6.26. The quantitative estimate of drug-likeness (QED) is 0.795. The number of thiophene rings is 1. The summed E-state index contributed by atoms with van der Waals surface area (Å²) >= 11 is 7.27. The summed E-state index contributed by atoms with van der Waals surface area (Å²) in [6, 6.07) is 7.07. The smallest absolute Gasteiger partial charge is 0.267 e. The van der Waals surface area contributed by atoms with Crippen molar-refractivity contribution in [2.75, 3.05) is 12.4 Å². The van der Waals surface area contributed by atoms with Gasteiger partial charge in [0.25, 0.3) is 5.91 Å². The summed E-state index contributed by atoms with van der Waals surface area (Å²) < 4.78 is 7.01. The van der Waals surface area contributed by atoms with Crippen molar-refractivity contribution < 1.29 is 9.53 Å². The minimum absolute atomic E-state index is 0.279. The molecular formula is C14H11ClN4O2S. The number of methoxy groups -OCH3 is 1. The lowest BCUT2D eigenvalue weighted by Gasteiger charge is -2.12. The third kappa shape index (κ3) is 2.81. The van der Waals surface area contributed by atoms with Crippen LogP contribution in [-0.4, -0.2) is 27.8 Å². The molecule has 0 spiro atoms. The molecule has 0 aliphatic carbocycles. The van der Waals surface area contributed by atoms with Gasteiger partial charge >= 0.3 is 0 Å². The van der Waals surface area contributed by atoms with Crippen molar-refractivity contribution in [1.29, 1.82) is 0 Å². The van der Waals surface area contributed by atoms with Crippen LogP contribution in [0.4, 0.5) is 5.69 Å². The van der Waals surface area contributed by atoms with Crippen LogP contribution in [0.25, 0.3) is 5.69 Å². The fraction of sp³-hybridized carbons (Fsp3) is 0.0714. The first kappa shape index (κ1) is 14.6. The lowest BCUT2D eigenvalue weighted by Crippen LogP contribution is -2.12. The number of hydrogen-bond donors (Lipinski definition) is 1. The van der Waals surface area contributed by atoms with E-state index in [1.54, 1.807) is 47.9 Å². The lowest BCUT2D eigenvalue weighted by atomic mass is 10.2. The molecule has 0 saturated heterocycles. The number of nitrogens with one attached hydrogen (secondary N) is 1. The summed E-state index contributed by atoms with van der Waals surface area (Å²) in [6.45, 7) is 0. The average Bonchev–Trinajstić information content (AvgIpc) is 3.18. The van der Waals surface area contributed by atoms with Gasteiger partial charge < -0.3 is 10.1 Å². The van der Waals surface area contributed by atoms with Crippen LogP contribution in [0.15, 0.2) is 42.3 Å². The van der Waals surface area contributed by atoms with Crippen LogP contribution in [0.5, 0.6) is 5.75 Å². The number of benzene rings is 1. The van der Waals surface area contributed by atoms with Crippen LogP contribution in [0.3, 0.4) is 0 Å². The molecule has 6 nitrogen and oxygen atoms in total. The molecule has 3 aromatic rings. The maximum atomic E-state index is 12.3. The molecule has 2 aromatic heterocycles. The highest BCUT2D eigenvalue weighted by Gasteiger charge is 2.15. The molecule has 1 aromatic carbocycles. The van der Waals surface area contributed by atoms with Crippen molar-refractivity contribution in [3.8, 4) is 11.4 Å². The Morgan fingerprint density at radius 1 is 1.32 bits per heavy atom. The first-order valence-corrected chi connectivity index (χ1v) is 7.52. The third-order valence-corrected chi connectivity index (χ3v) is 4.31. The van der Waals surface area contributed by atoms with Crippen LogP contribution >= 0.6 is 22.9 Å². The molecule has 0 aliphatic heterocycles. The minimum atomic E-state index is -0.279. The van der Waals surface area contributed by atoms with Crippen LogP contribution in [0.1, 0.15) is 9.67 Å². The molecule has 1 N–H and O–H groups in total. The molecule has 2 heterocycles. The maximum absolute atomic E-state index is 12.3. The monoisotopic (exact) mass is 334 g/mol. The van der Waals surface area contributed by atoms with E-state index in [1.807, 2.05) is 6.07 Å². The van der Waals surface area contributed by atoms with Gasteiger partial charge in [-0.05, 0) is 29.6 Å². The van der Waals surface area contributed by atoms with Gasteiger partial charge in [-0.15, -0.1) is 21.5 Å². The fourth-order valence-corrected chi connectivity index (χ4v) is 2.96. The Labute approximate surface area is 135 Å². The first-order chi connectivity index (χ1) is 10.7. The molecule has 8 heteroatoms. The number of nitrogens with zero attached hydrogens (tertiary/aromatic N) is 3. The van der Waals surface area contributed by atoms with Crippen molar-refractivity contribution in [3.05, 3.63) is 52.2 Å². The Kier molecular flexibility index (Phi) is 4.08. The molecule has 0 atom stereocenters. The predicted octanol–water partition coefficient (Wildman–Crippen LogP) is 3.24. The summed E-state index contributed by atoms with van der Waals surface area (Å²) in [7, 11) is 1.54. The molecule has 0 unspecified atom stereocenters. The summed E-state index contributed by atoms with van der Waals surface area (Å²) in [6.07, 6.45) is 3.15. The molecule has 22 heavy (non-hydrogen) atoms. The van der Waals surface area contributed by atoms with E-state index >= 15 is 0 Å². The molecule has 112 valence electrons. The maximum Gasteiger partial charge on any atom is 0.267 e. The summed E-state index contributed by atoms with van der Waals surface area (Å²) in [4.78, 5) is 12.7. The number of rotatable bonds is 4. The number of aromatic nitrogens is 3. The summed E-state index contributed by atoms with van der Waals surface area (Å²) in [5.74, 6) is 0.275. The van der Waals surface area contributed by atoms with Gasteiger partial charge in [0, 0.05) is 0 Å². The Morgan fingerprint density at radius 3 is 2.73 bits per heavy atom. The molecule has 3 rings (SSSR count). The normalized spacial score (nSPS) is 10.5. The standard InChI is InChI=1S/C14H11ClN4O2S/c1-21-12-3-2-9(19-7-16-17-8-19)6-11(12)18-14(20)13-10(15)4-5-22-13/h2-8H,1H3,(H,18,20). The van der Waals surface area contributed by atoms with Gasteiger partial charge in [0.15, 0.2) is 0 Å². The zero-order valence-electron chi connectivity index (χ0n) is 11.5. The van der Waals surface area contributed by atoms with Gasteiger partial charge in [0.05, 0.1) is 23.5 Å². The van der Waals surface area contributed by atoms with E-state index in [0.717, 1.165) is 5.69 Å². The largest absolute Gasteiger partial charge is 0.495 e. The second-order valence-corrected chi connectivity index (χ2v) is 5.63. The topological polar surface area (TPSA) is 69.0 Å². The number of hydrogen-bond acceptors (Lipinski definition) is 5. The van der Waals surface area contributed by atoms with E-state index < -0.39 is 0 Å². The van der Waals surface area contributed by atoms with E-state index in [9.17, 15) is 4.79 Å². The Balaban J connectivity index is 1.93. The number of anilines is 1. The number of carbonyl (C=O) groups excluding carboxylic acids is 1. The number of amides is 1. The van der Waals surface area contributed by atoms with Crippen molar-refractivity contribution in [2.45, 2.75) is 0 Å². The van der Waals surface area contributed by atoms with Gasteiger partial charge in [0.2, 0.25) is 0 Å². The van der Waals surface area contributed by atoms with Crippen molar-refractivity contribution in [3.63, 3.8) is 0 Å². The summed E-state index contributed by atoms with van der Waals surface area (Å²) in [5.41, 5.74) is 1.35. The highest BCUT2D eigenvalue weighted by atomic mass is 35.5. The van der Waals surface area contributed by atoms with E-state index in [1.165, 1.54) is 11.3 Å². The second kappa shape index (κ2) is 6.17. The van der Waals surface area contributed by atoms with Gasteiger partial charge in [-0.25, -0.2) is 0 Å². The third-order valence-electron chi connectivity index (χ3n) is 2.97. The predicted molar refractivity (Wildman–Crippen MR) is 85.2 cm³/mol. The van der Waals surface area contributed by atoms with E-state index in [4.69, 9.17) is 16.3 Å². The SMILES string of the molecule is COc1ccc(-n2cnnc2)cc1NC(=O)c1sccc1Cl. The highest BCUT2D eigenvalue weighted by molar-refractivity contribution is 7.12. The van der Waals surface area contributed by atoms with Crippen LogP contribution in [0, 0.1) is 0 Å².